The summed E-state index contributed by atoms with van der Waals surface area (Å²) in [6, 6.07) is 4.24. The summed E-state index contributed by atoms with van der Waals surface area (Å²) in [5, 5.41) is 0. The molecule has 0 amide bonds. The van der Waals surface area contributed by atoms with E-state index < -0.39 is 17.4 Å². The highest BCUT2D eigenvalue weighted by Crippen LogP contribution is 2.34. The lowest BCUT2D eigenvalue weighted by molar-refractivity contribution is 0.0940. The molecule has 1 heterocycles. The second-order valence-electron chi connectivity index (χ2n) is 6.07. The number of ketones is 2. The molecule has 1 aromatic carbocycles. The number of benzene rings is 1. The van der Waals surface area contributed by atoms with Crippen LogP contribution in [0.3, 0.4) is 0 Å². The zero-order chi connectivity index (χ0) is 18.8. The smallest absolute Gasteiger partial charge is 0.234 e. The fraction of sp³-hybridized carbons (Fsp3) is 0.333. The highest BCUT2D eigenvalue weighted by Gasteiger charge is 2.36. The van der Waals surface area contributed by atoms with Gasteiger partial charge < -0.3 is 14.1 Å². The molecule has 26 heavy (non-hydrogen) atoms. The number of ether oxygens (including phenoxy) is 1. The van der Waals surface area contributed by atoms with Crippen LogP contribution in [0.25, 0.3) is 11.5 Å². The number of nitrogens with zero attached hydrogens (tertiary/aromatic N) is 3. The van der Waals surface area contributed by atoms with E-state index in [0.29, 0.717) is 13.1 Å². The van der Waals surface area contributed by atoms with Crippen LogP contribution in [0.1, 0.15) is 27.5 Å². The summed E-state index contributed by atoms with van der Waals surface area (Å²) in [5.41, 5.74) is -0.0223. The van der Waals surface area contributed by atoms with Gasteiger partial charge in [0.2, 0.25) is 23.2 Å². The third kappa shape index (κ3) is 3.28. The van der Waals surface area contributed by atoms with Gasteiger partial charge in [0.15, 0.2) is 5.69 Å². The minimum Gasteiger partial charge on any atom is -0.496 e. The van der Waals surface area contributed by atoms with Crippen LogP contribution < -0.4 is 4.74 Å². The summed E-state index contributed by atoms with van der Waals surface area (Å²) < 4.78 is 24.8. The lowest BCUT2D eigenvalue weighted by atomic mass is 9.97. The number of aromatic nitrogens is 1. The maximum atomic E-state index is 14.2. The molecule has 0 radical (unpaired) electrons. The van der Waals surface area contributed by atoms with E-state index in [0.717, 1.165) is 0 Å². The highest BCUT2D eigenvalue weighted by molar-refractivity contribution is 6.52. The number of hydrogen-bond donors (Lipinski definition) is 0. The Balaban J connectivity index is 2.00. The predicted molar refractivity (Wildman–Crippen MR) is 92.6 cm³/mol. The van der Waals surface area contributed by atoms with Crippen molar-refractivity contribution in [1.29, 1.82) is 0 Å². The molecule has 0 spiro atoms. The first-order chi connectivity index (χ1) is 12.4. The van der Waals surface area contributed by atoms with Crippen LogP contribution >= 0.6 is 0 Å². The molecule has 2 aromatic rings. The minimum absolute atomic E-state index is 0.0314. The fourth-order valence-electron chi connectivity index (χ4n) is 2.61. The van der Waals surface area contributed by atoms with E-state index in [2.05, 4.69) is 9.98 Å². The molecule has 136 valence electrons. The van der Waals surface area contributed by atoms with Crippen molar-refractivity contribution in [3.05, 3.63) is 35.5 Å². The second kappa shape index (κ2) is 7.17. The number of rotatable bonds is 5. The van der Waals surface area contributed by atoms with Gasteiger partial charge in [0.05, 0.1) is 25.8 Å². The summed E-state index contributed by atoms with van der Waals surface area (Å²) in [6.45, 7) is 1.04. The van der Waals surface area contributed by atoms with Crippen molar-refractivity contribution in [3.8, 4) is 17.2 Å². The molecule has 0 atom stereocenters. The van der Waals surface area contributed by atoms with Gasteiger partial charge in [0.25, 0.3) is 0 Å². The molecule has 1 aliphatic carbocycles. The summed E-state index contributed by atoms with van der Waals surface area (Å²) in [5.74, 6) is -1.63. The van der Waals surface area contributed by atoms with Crippen molar-refractivity contribution in [2.45, 2.75) is 6.42 Å². The molecule has 3 rings (SSSR count). The quantitative estimate of drug-likeness (QED) is 0.814. The molecule has 1 aliphatic rings. The molecule has 0 aliphatic heterocycles. The zero-order valence-electron chi connectivity index (χ0n) is 14.7. The lowest BCUT2D eigenvalue weighted by Gasteiger charge is -2.11. The highest BCUT2D eigenvalue weighted by atomic mass is 19.1. The molecule has 7 nitrogen and oxygen atoms in total. The molecule has 0 unspecified atom stereocenters. The number of hydrogen-bond acceptors (Lipinski definition) is 7. The first-order valence-corrected chi connectivity index (χ1v) is 8.02. The van der Waals surface area contributed by atoms with Gasteiger partial charge in [-0.1, -0.05) is 6.07 Å². The Labute approximate surface area is 149 Å². The average molecular weight is 359 g/mol. The van der Waals surface area contributed by atoms with Crippen LogP contribution in [0, 0.1) is 5.82 Å². The molecular weight excluding hydrogens is 341 g/mol. The van der Waals surface area contributed by atoms with Gasteiger partial charge in [-0.2, -0.15) is 0 Å². The Bertz CT molecular complexity index is 902. The molecule has 0 N–H and O–H groups in total. The molecular formula is C18H18FN3O4. The molecule has 0 bridgehead atoms. The van der Waals surface area contributed by atoms with Crippen molar-refractivity contribution in [2.24, 2.45) is 4.99 Å². The molecule has 0 saturated carbocycles. The number of aliphatic imine (C=N–C) groups is 1. The van der Waals surface area contributed by atoms with Gasteiger partial charge in [-0.3, -0.25) is 14.6 Å². The van der Waals surface area contributed by atoms with Crippen LogP contribution in [0.4, 0.5) is 4.39 Å². The molecule has 8 heteroatoms. The largest absolute Gasteiger partial charge is 0.496 e. The van der Waals surface area contributed by atoms with E-state index in [1.807, 2.05) is 19.0 Å². The number of oxazole rings is 1. The Morgan fingerprint density at radius 2 is 2.12 bits per heavy atom. The number of carbonyl (C=O) groups excluding carboxylic acids is 2. The standard InChI is InChI=1S/C18H18FN3O4/c1-22(2)8-7-20-11-9-12(23)17-15(16(11)24)21-18(26-17)14-10(19)5-4-6-13(14)25-3/h4-6H,7-9H2,1-3H3. The van der Waals surface area contributed by atoms with E-state index in [-0.39, 0.29) is 40.8 Å². The van der Waals surface area contributed by atoms with Gasteiger partial charge in [-0.25, -0.2) is 9.37 Å². The van der Waals surface area contributed by atoms with Crippen LogP contribution in [0.5, 0.6) is 5.75 Å². The Kier molecular flexibility index (Phi) is 4.94. The van der Waals surface area contributed by atoms with Gasteiger partial charge in [-0.15, -0.1) is 0 Å². The first kappa shape index (κ1) is 17.9. The van der Waals surface area contributed by atoms with E-state index in [9.17, 15) is 14.0 Å². The van der Waals surface area contributed by atoms with Gasteiger partial charge >= 0.3 is 0 Å². The summed E-state index contributed by atoms with van der Waals surface area (Å²) in [7, 11) is 5.16. The SMILES string of the molecule is COc1cccc(F)c1-c1nc2c(o1)C(=O)CC(=NCCN(C)C)C2=O. The van der Waals surface area contributed by atoms with E-state index in [4.69, 9.17) is 9.15 Å². The second-order valence-corrected chi connectivity index (χ2v) is 6.07. The lowest BCUT2D eigenvalue weighted by Crippen LogP contribution is -2.27. The molecule has 0 saturated heterocycles. The number of carbonyl (C=O) groups is 2. The van der Waals surface area contributed by atoms with Crippen LogP contribution in [-0.2, 0) is 0 Å². The summed E-state index contributed by atoms with van der Waals surface area (Å²) in [6.07, 6.45) is -0.150. The fourth-order valence-corrected chi connectivity index (χ4v) is 2.61. The monoisotopic (exact) mass is 359 g/mol. The number of methoxy groups -OCH3 is 1. The molecule has 0 fully saturated rings. The maximum Gasteiger partial charge on any atom is 0.234 e. The van der Waals surface area contributed by atoms with Gasteiger partial charge in [0, 0.05) is 6.54 Å². The summed E-state index contributed by atoms with van der Waals surface area (Å²) >= 11 is 0. The predicted octanol–water partition coefficient (Wildman–Crippen LogP) is 2.26. The van der Waals surface area contributed by atoms with Crippen LogP contribution in [0.15, 0.2) is 27.6 Å². The number of Topliss-reactive ketones (excluding diaryl/α,β-unsaturated/α-hetero) is 2. The Morgan fingerprint density at radius 1 is 1.35 bits per heavy atom. The summed E-state index contributed by atoms with van der Waals surface area (Å²) in [4.78, 5) is 35.1. The maximum absolute atomic E-state index is 14.2. The first-order valence-electron chi connectivity index (χ1n) is 8.02. The van der Waals surface area contributed by atoms with Crippen molar-refractivity contribution in [2.75, 3.05) is 34.3 Å². The third-order valence-electron chi connectivity index (χ3n) is 3.94. The van der Waals surface area contributed by atoms with Gasteiger partial charge in [0.1, 0.15) is 17.1 Å². The normalized spacial score (nSPS) is 15.7. The van der Waals surface area contributed by atoms with Gasteiger partial charge in [-0.05, 0) is 26.2 Å². The van der Waals surface area contributed by atoms with E-state index in [1.165, 1.54) is 19.2 Å². The Morgan fingerprint density at radius 3 is 2.81 bits per heavy atom. The third-order valence-corrected chi connectivity index (χ3v) is 3.94. The van der Waals surface area contributed by atoms with Crippen molar-refractivity contribution in [1.82, 2.24) is 9.88 Å². The number of likely N-dealkylation sites (N-methyl/N-ethyl adjacent to an activating group) is 1. The number of halogens is 1. The van der Waals surface area contributed by atoms with Crippen molar-refractivity contribution >= 4 is 17.3 Å². The number of fused-ring (bicyclic) bond motifs is 1. The average Bonchev–Trinajstić information content (AvgIpc) is 3.04. The van der Waals surface area contributed by atoms with E-state index in [1.54, 1.807) is 6.07 Å². The van der Waals surface area contributed by atoms with Crippen molar-refractivity contribution in [3.63, 3.8) is 0 Å². The Hall–Kier alpha value is -2.87. The van der Waals surface area contributed by atoms with Crippen LogP contribution in [-0.4, -0.2) is 61.5 Å². The minimum atomic E-state index is -0.622. The topological polar surface area (TPSA) is 85.0 Å². The van der Waals surface area contributed by atoms with Crippen molar-refractivity contribution < 1.29 is 23.1 Å². The van der Waals surface area contributed by atoms with E-state index >= 15 is 0 Å². The van der Waals surface area contributed by atoms with Crippen LogP contribution in [0.2, 0.25) is 0 Å². The molecule has 1 aromatic heterocycles. The zero-order valence-corrected chi connectivity index (χ0v) is 14.7.